The molecule has 0 aromatic carbocycles. The van der Waals surface area contributed by atoms with Gasteiger partial charge in [0, 0.05) is 19.6 Å². The summed E-state index contributed by atoms with van der Waals surface area (Å²) in [6, 6.07) is 0. The van der Waals surface area contributed by atoms with Crippen LogP contribution in [-0.2, 0) is 6.54 Å². The van der Waals surface area contributed by atoms with Gasteiger partial charge < -0.3 is 10.0 Å². The summed E-state index contributed by atoms with van der Waals surface area (Å²) in [6.45, 7) is 8.04. The van der Waals surface area contributed by atoms with Gasteiger partial charge in [-0.15, -0.1) is 0 Å². The second kappa shape index (κ2) is 6.48. The van der Waals surface area contributed by atoms with Gasteiger partial charge in [-0.3, -0.25) is 4.68 Å². The van der Waals surface area contributed by atoms with E-state index < -0.39 is 5.60 Å². The summed E-state index contributed by atoms with van der Waals surface area (Å²) in [5.74, 6) is 0.619. The van der Waals surface area contributed by atoms with E-state index in [1.807, 2.05) is 4.68 Å². The minimum atomic E-state index is -0.519. The van der Waals surface area contributed by atoms with Crippen LogP contribution in [0.15, 0.2) is 12.7 Å². The van der Waals surface area contributed by atoms with E-state index in [2.05, 4.69) is 28.8 Å². The van der Waals surface area contributed by atoms with Crippen LogP contribution in [0.25, 0.3) is 0 Å². The molecule has 108 valence electrons. The fourth-order valence-corrected chi connectivity index (χ4v) is 2.93. The summed E-state index contributed by atoms with van der Waals surface area (Å²) in [7, 11) is 0. The van der Waals surface area contributed by atoms with Crippen LogP contribution >= 0.6 is 0 Å². The van der Waals surface area contributed by atoms with Crippen LogP contribution < -0.4 is 0 Å². The van der Waals surface area contributed by atoms with Gasteiger partial charge in [-0.05, 0) is 38.1 Å². The predicted molar refractivity (Wildman–Crippen MR) is 74.7 cm³/mol. The molecule has 1 aromatic rings. The molecule has 2 heterocycles. The number of aliphatic hydroxyl groups is 1. The van der Waals surface area contributed by atoms with E-state index in [0.717, 1.165) is 39.0 Å². The third-order valence-corrected chi connectivity index (χ3v) is 4.35. The molecule has 1 aromatic heterocycles. The Balaban J connectivity index is 1.86. The van der Waals surface area contributed by atoms with Gasteiger partial charge in [0.1, 0.15) is 12.7 Å². The van der Waals surface area contributed by atoms with Crippen molar-refractivity contribution in [2.75, 3.05) is 19.6 Å². The molecule has 1 N–H and O–H groups in total. The molecule has 0 saturated carbocycles. The molecule has 1 aliphatic rings. The first-order valence-corrected chi connectivity index (χ1v) is 7.42. The molecule has 0 amide bonds. The van der Waals surface area contributed by atoms with Crippen LogP contribution in [0.5, 0.6) is 0 Å². The number of piperidine rings is 1. The molecule has 1 fully saturated rings. The van der Waals surface area contributed by atoms with Gasteiger partial charge in [-0.2, -0.15) is 5.10 Å². The zero-order chi connectivity index (χ0) is 13.7. The standard InChI is InChI=1S/C14H26N4O/c1-3-14(19,4-2)10-17-7-5-6-13(8-17)9-18-12-15-11-16-18/h11-13,19H,3-10H2,1-2H3. The average molecular weight is 266 g/mol. The molecule has 1 atom stereocenters. The maximum absolute atomic E-state index is 10.5. The lowest BCUT2D eigenvalue weighted by Crippen LogP contribution is -2.47. The summed E-state index contributed by atoms with van der Waals surface area (Å²) < 4.78 is 1.92. The number of β-amino-alcohol motifs (C(OH)–C–C–N with tert-alkyl or cyclic N) is 1. The van der Waals surface area contributed by atoms with Crippen molar-refractivity contribution in [3.05, 3.63) is 12.7 Å². The van der Waals surface area contributed by atoms with E-state index in [4.69, 9.17) is 0 Å². The largest absolute Gasteiger partial charge is 0.389 e. The van der Waals surface area contributed by atoms with Crippen molar-refractivity contribution >= 4 is 0 Å². The third-order valence-electron chi connectivity index (χ3n) is 4.35. The molecular formula is C14H26N4O. The van der Waals surface area contributed by atoms with Gasteiger partial charge in [0.2, 0.25) is 0 Å². The quantitative estimate of drug-likeness (QED) is 0.848. The zero-order valence-corrected chi connectivity index (χ0v) is 12.1. The minimum Gasteiger partial charge on any atom is -0.389 e. The predicted octanol–water partition coefficient (Wildman–Crippen LogP) is 1.54. The van der Waals surface area contributed by atoms with E-state index in [1.54, 1.807) is 12.7 Å². The lowest BCUT2D eigenvalue weighted by atomic mass is 9.93. The van der Waals surface area contributed by atoms with Gasteiger partial charge in [0.05, 0.1) is 5.60 Å². The summed E-state index contributed by atoms with van der Waals surface area (Å²) in [6.07, 6.45) is 7.48. The molecule has 1 saturated heterocycles. The Morgan fingerprint density at radius 2 is 2.16 bits per heavy atom. The van der Waals surface area contributed by atoms with E-state index in [1.165, 1.54) is 12.8 Å². The highest BCUT2D eigenvalue weighted by Gasteiger charge is 2.28. The Labute approximate surface area is 115 Å². The van der Waals surface area contributed by atoms with Crippen LogP contribution in [-0.4, -0.2) is 50.0 Å². The Bertz CT molecular complexity index is 362. The highest BCUT2D eigenvalue weighted by Crippen LogP contribution is 2.22. The summed E-state index contributed by atoms with van der Waals surface area (Å²) in [5, 5.41) is 14.6. The van der Waals surface area contributed by atoms with Gasteiger partial charge in [-0.25, -0.2) is 4.98 Å². The second-order valence-corrected chi connectivity index (χ2v) is 5.79. The monoisotopic (exact) mass is 266 g/mol. The van der Waals surface area contributed by atoms with Crippen molar-refractivity contribution in [2.45, 2.75) is 51.7 Å². The third kappa shape index (κ3) is 4.01. The van der Waals surface area contributed by atoms with Gasteiger partial charge in [0.25, 0.3) is 0 Å². The van der Waals surface area contributed by atoms with Crippen molar-refractivity contribution in [2.24, 2.45) is 5.92 Å². The Morgan fingerprint density at radius 1 is 1.37 bits per heavy atom. The molecule has 5 nitrogen and oxygen atoms in total. The second-order valence-electron chi connectivity index (χ2n) is 5.79. The minimum absolute atomic E-state index is 0.519. The number of rotatable bonds is 6. The lowest BCUT2D eigenvalue weighted by molar-refractivity contribution is -0.0148. The van der Waals surface area contributed by atoms with Crippen molar-refractivity contribution in [3.63, 3.8) is 0 Å². The van der Waals surface area contributed by atoms with E-state index >= 15 is 0 Å². The highest BCUT2D eigenvalue weighted by atomic mass is 16.3. The van der Waals surface area contributed by atoms with Gasteiger partial charge in [0.15, 0.2) is 0 Å². The number of likely N-dealkylation sites (tertiary alicyclic amines) is 1. The first-order chi connectivity index (χ1) is 9.15. The summed E-state index contributed by atoms with van der Waals surface area (Å²) in [5.41, 5.74) is -0.519. The maximum atomic E-state index is 10.5. The van der Waals surface area contributed by atoms with Crippen molar-refractivity contribution in [1.82, 2.24) is 19.7 Å². The fourth-order valence-electron chi connectivity index (χ4n) is 2.93. The molecule has 1 unspecified atom stereocenters. The van der Waals surface area contributed by atoms with Gasteiger partial charge in [-0.1, -0.05) is 13.8 Å². The van der Waals surface area contributed by atoms with Crippen LogP contribution in [0.2, 0.25) is 0 Å². The molecule has 2 rings (SSSR count). The van der Waals surface area contributed by atoms with Crippen LogP contribution in [0.1, 0.15) is 39.5 Å². The van der Waals surface area contributed by atoms with Crippen LogP contribution in [0.3, 0.4) is 0 Å². The van der Waals surface area contributed by atoms with E-state index in [0.29, 0.717) is 5.92 Å². The Hall–Kier alpha value is -0.940. The topological polar surface area (TPSA) is 54.2 Å². The molecule has 0 spiro atoms. The summed E-state index contributed by atoms with van der Waals surface area (Å²) in [4.78, 5) is 6.41. The van der Waals surface area contributed by atoms with E-state index in [-0.39, 0.29) is 0 Å². The molecule has 1 aliphatic heterocycles. The smallest absolute Gasteiger partial charge is 0.137 e. The SMILES string of the molecule is CCC(O)(CC)CN1CCCC(Cn2cncn2)C1. The Kier molecular flexibility index (Phi) is 4.93. The van der Waals surface area contributed by atoms with Crippen LogP contribution in [0, 0.1) is 5.92 Å². The molecule has 0 aliphatic carbocycles. The summed E-state index contributed by atoms with van der Waals surface area (Å²) >= 11 is 0. The highest BCUT2D eigenvalue weighted by molar-refractivity contribution is 4.83. The first kappa shape index (κ1) is 14.5. The molecule has 5 heteroatoms. The normalized spacial score (nSPS) is 21.7. The van der Waals surface area contributed by atoms with Crippen molar-refractivity contribution < 1.29 is 5.11 Å². The molecule has 0 radical (unpaired) electrons. The Morgan fingerprint density at radius 3 is 2.79 bits per heavy atom. The van der Waals surface area contributed by atoms with Crippen molar-refractivity contribution in [1.29, 1.82) is 0 Å². The number of hydrogen-bond acceptors (Lipinski definition) is 4. The maximum Gasteiger partial charge on any atom is 0.137 e. The number of aromatic nitrogens is 3. The lowest BCUT2D eigenvalue weighted by Gasteiger charge is -2.38. The molecule has 19 heavy (non-hydrogen) atoms. The first-order valence-electron chi connectivity index (χ1n) is 7.42. The van der Waals surface area contributed by atoms with Crippen LogP contribution in [0.4, 0.5) is 0 Å². The number of hydrogen-bond donors (Lipinski definition) is 1. The van der Waals surface area contributed by atoms with Gasteiger partial charge >= 0.3 is 0 Å². The molecular weight excluding hydrogens is 240 g/mol. The zero-order valence-electron chi connectivity index (χ0n) is 12.1. The van der Waals surface area contributed by atoms with Crippen molar-refractivity contribution in [3.8, 4) is 0 Å². The fraction of sp³-hybridized carbons (Fsp3) is 0.857. The molecule has 0 bridgehead atoms. The number of nitrogens with zero attached hydrogens (tertiary/aromatic N) is 4. The van der Waals surface area contributed by atoms with E-state index in [9.17, 15) is 5.11 Å². The average Bonchev–Trinajstić information content (AvgIpc) is 2.92.